The van der Waals surface area contributed by atoms with Crippen LogP contribution in [0.1, 0.15) is 29.8 Å². The predicted octanol–water partition coefficient (Wildman–Crippen LogP) is 4.55. The lowest BCUT2D eigenvalue weighted by Gasteiger charge is -2.10. The second-order valence-electron chi connectivity index (χ2n) is 5.75. The molecule has 0 spiro atoms. The molecule has 0 atom stereocenters. The molecule has 0 unspecified atom stereocenters. The van der Waals surface area contributed by atoms with Crippen molar-refractivity contribution in [1.82, 2.24) is 0 Å². The van der Waals surface area contributed by atoms with E-state index in [0.29, 0.717) is 11.3 Å². The van der Waals surface area contributed by atoms with Crippen molar-refractivity contribution in [3.05, 3.63) is 59.7 Å². The lowest BCUT2D eigenvalue weighted by atomic mass is 10.1. The Kier molecular flexibility index (Phi) is 5.46. The minimum absolute atomic E-state index is 0.137. The van der Waals surface area contributed by atoms with Gasteiger partial charge in [0, 0.05) is 22.9 Å². The van der Waals surface area contributed by atoms with Crippen LogP contribution in [0.15, 0.2) is 48.5 Å². The number of rotatable bonds is 4. The van der Waals surface area contributed by atoms with E-state index in [0.717, 1.165) is 12.1 Å². The van der Waals surface area contributed by atoms with Gasteiger partial charge in [-0.2, -0.15) is 13.2 Å². The molecule has 2 aromatic rings. The molecule has 0 aromatic heterocycles. The largest absolute Gasteiger partial charge is 0.416 e. The molecule has 0 bridgehead atoms. The van der Waals surface area contributed by atoms with Gasteiger partial charge in [-0.15, -0.1) is 0 Å². The van der Waals surface area contributed by atoms with E-state index in [9.17, 15) is 22.8 Å². The number of anilines is 2. The van der Waals surface area contributed by atoms with Crippen molar-refractivity contribution >= 4 is 23.2 Å². The summed E-state index contributed by atoms with van der Waals surface area (Å²) in [6, 6.07) is 10.4. The molecular weight excluding hydrogens is 333 g/mol. The molecule has 0 aliphatic rings. The van der Waals surface area contributed by atoms with Crippen molar-refractivity contribution in [2.45, 2.75) is 20.0 Å². The van der Waals surface area contributed by atoms with Crippen LogP contribution in [0.3, 0.4) is 0 Å². The van der Waals surface area contributed by atoms with E-state index in [2.05, 4.69) is 10.6 Å². The predicted molar refractivity (Wildman–Crippen MR) is 89.3 cm³/mol. The Bertz CT molecular complexity index is 751. The van der Waals surface area contributed by atoms with Crippen LogP contribution in [-0.2, 0) is 11.0 Å². The molecule has 2 amide bonds. The molecule has 25 heavy (non-hydrogen) atoms. The Morgan fingerprint density at radius 2 is 1.32 bits per heavy atom. The van der Waals surface area contributed by atoms with E-state index in [1.165, 1.54) is 24.3 Å². The normalized spacial score (nSPS) is 11.3. The number of carbonyl (C=O) groups excluding carboxylic acids is 2. The maximum atomic E-state index is 12.5. The number of hydrogen-bond acceptors (Lipinski definition) is 2. The minimum atomic E-state index is -4.42. The molecule has 2 aromatic carbocycles. The van der Waals surface area contributed by atoms with E-state index in [-0.39, 0.29) is 17.5 Å². The van der Waals surface area contributed by atoms with Crippen LogP contribution in [0, 0.1) is 5.92 Å². The van der Waals surface area contributed by atoms with Gasteiger partial charge in [0.2, 0.25) is 5.91 Å². The highest BCUT2D eigenvalue weighted by atomic mass is 19.4. The Balaban J connectivity index is 2.02. The molecule has 0 aliphatic heterocycles. The van der Waals surface area contributed by atoms with Crippen molar-refractivity contribution in [3.63, 3.8) is 0 Å². The monoisotopic (exact) mass is 350 g/mol. The molecule has 2 rings (SSSR count). The van der Waals surface area contributed by atoms with Crippen LogP contribution >= 0.6 is 0 Å². The number of carbonyl (C=O) groups is 2. The third kappa shape index (κ3) is 5.07. The SMILES string of the molecule is CC(C)C(=O)Nc1ccc(C(=O)Nc2ccc(C(F)(F)F)cc2)cc1. The average Bonchev–Trinajstić information content (AvgIpc) is 2.55. The third-order valence-corrected chi connectivity index (χ3v) is 3.41. The van der Waals surface area contributed by atoms with Gasteiger partial charge in [-0.05, 0) is 48.5 Å². The first kappa shape index (κ1) is 18.5. The smallest absolute Gasteiger partial charge is 0.326 e. The van der Waals surface area contributed by atoms with Crippen LogP contribution in [-0.4, -0.2) is 11.8 Å². The highest BCUT2D eigenvalue weighted by molar-refractivity contribution is 6.04. The van der Waals surface area contributed by atoms with Crippen molar-refractivity contribution in [3.8, 4) is 0 Å². The molecular formula is C18H17F3N2O2. The molecule has 2 N–H and O–H groups in total. The number of alkyl halides is 3. The average molecular weight is 350 g/mol. The summed E-state index contributed by atoms with van der Waals surface area (Å²) >= 11 is 0. The molecule has 0 radical (unpaired) electrons. The summed E-state index contributed by atoms with van der Waals surface area (Å²) in [5.41, 5.74) is 0.359. The lowest BCUT2D eigenvalue weighted by molar-refractivity contribution is -0.137. The Morgan fingerprint density at radius 3 is 1.80 bits per heavy atom. The summed E-state index contributed by atoms with van der Waals surface area (Å²) in [6.07, 6.45) is -4.42. The van der Waals surface area contributed by atoms with Crippen LogP contribution in [0.5, 0.6) is 0 Å². The molecule has 0 fully saturated rings. The number of benzene rings is 2. The fourth-order valence-corrected chi connectivity index (χ4v) is 1.94. The van der Waals surface area contributed by atoms with Crippen LogP contribution in [0.25, 0.3) is 0 Å². The molecule has 132 valence electrons. The van der Waals surface area contributed by atoms with Crippen molar-refractivity contribution in [2.75, 3.05) is 10.6 Å². The second kappa shape index (κ2) is 7.38. The van der Waals surface area contributed by atoms with Gasteiger partial charge in [-0.25, -0.2) is 0 Å². The van der Waals surface area contributed by atoms with Gasteiger partial charge in [0.1, 0.15) is 0 Å². The molecule has 7 heteroatoms. The van der Waals surface area contributed by atoms with Crippen LogP contribution < -0.4 is 10.6 Å². The quantitative estimate of drug-likeness (QED) is 0.850. The van der Waals surface area contributed by atoms with Gasteiger partial charge in [0.15, 0.2) is 0 Å². The molecule has 0 heterocycles. The highest BCUT2D eigenvalue weighted by Crippen LogP contribution is 2.29. The first-order valence-corrected chi connectivity index (χ1v) is 7.56. The highest BCUT2D eigenvalue weighted by Gasteiger charge is 2.29. The summed E-state index contributed by atoms with van der Waals surface area (Å²) in [4.78, 5) is 23.7. The van der Waals surface area contributed by atoms with Gasteiger partial charge in [0.25, 0.3) is 5.91 Å². The number of hydrogen-bond donors (Lipinski definition) is 2. The standard InChI is InChI=1S/C18H17F3N2O2/c1-11(2)16(24)22-14-7-3-12(4-8-14)17(25)23-15-9-5-13(6-10-15)18(19,20)21/h3-11H,1-2H3,(H,22,24)(H,23,25). The fraction of sp³-hybridized carbons (Fsp3) is 0.222. The molecule has 0 saturated carbocycles. The van der Waals surface area contributed by atoms with Crippen molar-refractivity contribution in [1.29, 1.82) is 0 Å². The first-order chi connectivity index (χ1) is 11.7. The molecule has 0 aliphatic carbocycles. The maximum Gasteiger partial charge on any atom is 0.416 e. The maximum absolute atomic E-state index is 12.5. The van der Waals surface area contributed by atoms with Gasteiger partial charge in [-0.3, -0.25) is 9.59 Å². The zero-order valence-electron chi connectivity index (χ0n) is 13.6. The minimum Gasteiger partial charge on any atom is -0.326 e. The zero-order chi connectivity index (χ0) is 18.6. The molecule has 0 saturated heterocycles. The summed E-state index contributed by atoms with van der Waals surface area (Å²) in [5.74, 6) is -0.758. The van der Waals surface area contributed by atoms with E-state index < -0.39 is 17.6 Å². The topological polar surface area (TPSA) is 58.2 Å². The summed E-state index contributed by atoms with van der Waals surface area (Å²) in [7, 11) is 0. The Morgan fingerprint density at radius 1 is 0.840 bits per heavy atom. The summed E-state index contributed by atoms with van der Waals surface area (Å²) in [5, 5.41) is 5.22. The van der Waals surface area contributed by atoms with Crippen molar-refractivity contribution < 1.29 is 22.8 Å². The number of nitrogens with one attached hydrogen (secondary N) is 2. The zero-order valence-corrected chi connectivity index (χ0v) is 13.6. The van der Waals surface area contributed by atoms with E-state index in [1.807, 2.05) is 0 Å². The number of amides is 2. The van der Waals surface area contributed by atoms with Gasteiger partial charge >= 0.3 is 6.18 Å². The van der Waals surface area contributed by atoms with Gasteiger partial charge < -0.3 is 10.6 Å². The van der Waals surface area contributed by atoms with Crippen molar-refractivity contribution in [2.24, 2.45) is 5.92 Å². The van der Waals surface area contributed by atoms with Gasteiger partial charge in [-0.1, -0.05) is 13.8 Å². The van der Waals surface area contributed by atoms with E-state index >= 15 is 0 Å². The van der Waals surface area contributed by atoms with Gasteiger partial charge in [0.05, 0.1) is 5.56 Å². The Labute approximate surface area is 143 Å². The fourth-order valence-electron chi connectivity index (χ4n) is 1.94. The van der Waals surface area contributed by atoms with E-state index in [1.54, 1.807) is 26.0 Å². The third-order valence-electron chi connectivity index (χ3n) is 3.41. The first-order valence-electron chi connectivity index (χ1n) is 7.56. The molecule has 4 nitrogen and oxygen atoms in total. The summed E-state index contributed by atoms with van der Waals surface area (Å²) in [6.45, 7) is 3.53. The second-order valence-corrected chi connectivity index (χ2v) is 5.75. The number of halogens is 3. The Hall–Kier alpha value is -2.83. The lowest BCUT2D eigenvalue weighted by Crippen LogP contribution is -2.18. The van der Waals surface area contributed by atoms with Crippen LogP contribution in [0.4, 0.5) is 24.5 Å². The van der Waals surface area contributed by atoms with Crippen LogP contribution in [0.2, 0.25) is 0 Å². The van der Waals surface area contributed by atoms with E-state index in [4.69, 9.17) is 0 Å². The summed E-state index contributed by atoms with van der Waals surface area (Å²) < 4.78 is 37.5.